The van der Waals surface area contributed by atoms with Gasteiger partial charge in [0.15, 0.2) is 0 Å². The van der Waals surface area contributed by atoms with E-state index in [9.17, 15) is 0 Å². The summed E-state index contributed by atoms with van der Waals surface area (Å²) in [6.45, 7) is 2.09. The molecule has 0 spiro atoms. The van der Waals surface area contributed by atoms with E-state index in [1.165, 1.54) is 11.3 Å². The molecular weight excluding hydrogens is 196 g/mol. The predicted octanol–water partition coefficient (Wildman–Crippen LogP) is 3.12. The van der Waals surface area contributed by atoms with Crippen molar-refractivity contribution in [3.8, 4) is 11.3 Å². The molecule has 1 aromatic heterocycles. The second kappa shape index (κ2) is 4.35. The Kier molecular flexibility index (Phi) is 2.91. The third-order valence-corrected chi connectivity index (χ3v) is 2.61. The van der Waals surface area contributed by atoms with Crippen molar-refractivity contribution in [3.63, 3.8) is 0 Å². The molecule has 0 aliphatic heterocycles. The van der Waals surface area contributed by atoms with Crippen LogP contribution in [0.5, 0.6) is 0 Å². The third kappa shape index (κ3) is 2.22. The minimum Gasteiger partial charge on any atom is -0.378 e. The highest BCUT2D eigenvalue weighted by Gasteiger charge is 2.01. The summed E-state index contributed by atoms with van der Waals surface area (Å²) in [6.07, 6.45) is 1.85. The van der Waals surface area contributed by atoms with Crippen LogP contribution in [0, 0.1) is 6.92 Å². The highest BCUT2D eigenvalue weighted by molar-refractivity contribution is 5.64. The van der Waals surface area contributed by atoms with Gasteiger partial charge in [0.05, 0.1) is 5.69 Å². The molecular formula is C14H16N2. The Morgan fingerprint density at radius 3 is 2.31 bits per heavy atom. The Morgan fingerprint density at radius 2 is 1.69 bits per heavy atom. The lowest BCUT2D eigenvalue weighted by Gasteiger charge is -2.13. The smallest absolute Gasteiger partial charge is 0.0722 e. The van der Waals surface area contributed by atoms with E-state index in [2.05, 4.69) is 47.1 Å². The predicted molar refractivity (Wildman–Crippen MR) is 68.7 cm³/mol. The van der Waals surface area contributed by atoms with Gasteiger partial charge >= 0.3 is 0 Å². The second-order valence-corrected chi connectivity index (χ2v) is 4.16. The monoisotopic (exact) mass is 212 g/mol. The molecule has 2 nitrogen and oxygen atoms in total. The molecule has 0 saturated carbocycles. The Bertz CT molecular complexity index is 472. The lowest BCUT2D eigenvalue weighted by atomic mass is 10.1. The molecule has 2 heteroatoms. The highest BCUT2D eigenvalue weighted by Crippen LogP contribution is 2.21. The van der Waals surface area contributed by atoms with Crippen LogP contribution in [-0.4, -0.2) is 19.1 Å². The molecule has 1 heterocycles. The van der Waals surface area contributed by atoms with E-state index in [4.69, 9.17) is 0 Å². The molecule has 2 rings (SSSR count). The van der Waals surface area contributed by atoms with Crippen molar-refractivity contribution < 1.29 is 0 Å². The normalized spacial score (nSPS) is 10.2. The van der Waals surface area contributed by atoms with Gasteiger partial charge < -0.3 is 4.90 Å². The summed E-state index contributed by atoms with van der Waals surface area (Å²) >= 11 is 0. The molecule has 16 heavy (non-hydrogen) atoms. The molecule has 0 atom stereocenters. The van der Waals surface area contributed by atoms with Gasteiger partial charge in [-0.2, -0.15) is 0 Å². The van der Waals surface area contributed by atoms with Gasteiger partial charge in [-0.1, -0.05) is 29.8 Å². The van der Waals surface area contributed by atoms with Crippen LogP contribution in [0.25, 0.3) is 11.3 Å². The number of anilines is 1. The molecule has 0 unspecified atom stereocenters. The SMILES string of the molecule is Cc1ccc(-c2cc(N(C)C)ccn2)cc1. The maximum atomic E-state index is 4.40. The first-order valence-corrected chi connectivity index (χ1v) is 5.37. The number of rotatable bonds is 2. The molecule has 0 radical (unpaired) electrons. The summed E-state index contributed by atoms with van der Waals surface area (Å²) in [7, 11) is 4.07. The zero-order chi connectivity index (χ0) is 11.5. The third-order valence-electron chi connectivity index (χ3n) is 2.61. The van der Waals surface area contributed by atoms with E-state index < -0.39 is 0 Å². The van der Waals surface area contributed by atoms with Crippen LogP contribution in [0.1, 0.15) is 5.56 Å². The maximum Gasteiger partial charge on any atom is 0.0722 e. The summed E-state index contributed by atoms with van der Waals surface area (Å²) in [5.74, 6) is 0. The summed E-state index contributed by atoms with van der Waals surface area (Å²) in [4.78, 5) is 6.48. The van der Waals surface area contributed by atoms with Crippen molar-refractivity contribution in [3.05, 3.63) is 48.2 Å². The topological polar surface area (TPSA) is 16.1 Å². The molecule has 1 aromatic carbocycles. The van der Waals surface area contributed by atoms with Gasteiger partial charge in [-0.3, -0.25) is 4.98 Å². The molecule has 0 bridgehead atoms. The van der Waals surface area contributed by atoms with Gasteiger partial charge in [0.25, 0.3) is 0 Å². The molecule has 82 valence electrons. The van der Waals surface area contributed by atoms with Gasteiger partial charge in [-0.25, -0.2) is 0 Å². The van der Waals surface area contributed by atoms with Crippen LogP contribution in [0.15, 0.2) is 42.6 Å². The van der Waals surface area contributed by atoms with Gasteiger partial charge in [0.2, 0.25) is 0 Å². The largest absolute Gasteiger partial charge is 0.378 e. The fourth-order valence-corrected chi connectivity index (χ4v) is 1.58. The molecule has 0 aliphatic rings. The van der Waals surface area contributed by atoms with Crippen LogP contribution < -0.4 is 4.90 Å². The molecule has 0 saturated heterocycles. The number of aryl methyl sites for hydroxylation is 1. The van der Waals surface area contributed by atoms with E-state index in [0.29, 0.717) is 0 Å². The summed E-state index contributed by atoms with van der Waals surface area (Å²) in [6, 6.07) is 12.6. The first-order chi connectivity index (χ1) is 7.66. The van der Waals surface area contributed by atoms with Crippen molar-refractivity contribution in [1.29, 1.82) is 0 Å². The van der Waals surface area contributed by atoms with E-state index in [0.717, 1.165) is 11.3 Å². The number of benzene rings is 1. The van der Waals surface area contributed by atoms with Gasteiger partial charge in [-0.15, -0.1) is 0 Å². The van der Waals surface area contributed by atoms with E-state index in [1.54, 1.807) is 0 Å². The lowest BCUT2D eigenvalue weighted by Crippen LogP contribution is -2.08. The average Bonchev–Trinajstić information content (AvgIpc) is 2.30. The van der Waals surface area contributed by atoms with Crippen LogP contribution >= 0.6 is 0 Å². The quantitative estimate of drug-likeness (QED) is 0.760. The van der Waals surface area contributed by atoms with Crippen molar-refractivity contribution >= 4 is 5.69 Å². The minimum atomic E-state index is 1.02. The van der Waals surface area contributed by atoms with E-state index >= 15 is 0 Å². The lowest BCUT2D eigenvalue weighted by molar-refractivity contribution is 1.12. The molecule has 0 N–H and O–H groups in total. The molecule has 0 amide bonds. The zero-order valence-electron chi connectivity index (χ0n) is 9.94. The van der Waals surface area contributed by atoms with Gasteiger partial charge in [0, 0.05) is 31.5 Å². The van der Waals surface area contributed by atoms with Crippen molar-refractivity contribution in [2.24, 2.45) is 0 Å². The van der Waals surface area contributed by atoms with Crippen LogP contribution in [-0.2, 0) is 0 Å². The molecule has 2 aromatic rings. The van der Waals surface area contributed by atoms with Crippen LogP contribution in [0.3, 0.4) is 0 Å². The molecule has 0 fully saturated rings. The Balaban J connectivity index is 2.40. The van der Waals surface area contributed by atoms with Crippen molar-refractivity contribution in [1.82, 2.24) is 4.98 Å². The maximum absolute atomic E-state index is 4.40. The van der Waals surface area contributed by atoms with Gasteiger partial charge in [-0.05, 0) is 19.1 Å². The van der Waals surface area contributed by atoms with E-state index in [-0.39, 0.29) is 0 Å². The molecule has 0 aliphatic carbocycles. The van der Waals surface area contributed by atoms with Crippen molar-refractivity contribution in [2.75, 3.05) is 19.0 Å². The minimum absolute atomic E-state index is 1.02. The summed E-state index contributed by atoms with van der Waals surface area (Å²) in [5.41, 5.74) is 4.62. The number of nitrogens with zero attached hydrogens (tertiary/aromatic N) is 2. The summed E-state index contributed by atoms with van der Waals surface area (Å²) < 4.78 is 0. The fourth-order valence-electron chi connectivity index (χ4n) is 1.58. The van der Waals surface area contributed by atoms with E-state index in [1.807, 2.05) is 26.4 Å². The zero-order valence-corrected chi connectivity index (χ0v) is 9.94. The average molecular weight is 212 g/mol. The standard InChI is InChI=1S/C14H16N2/c1-11-4-6-12(7-5-11)14-10-13(16(2)3)8-9-15-14/h4-10H,1-3H3. The number of pyridine rings is 1. The number of aromatic nitrogens is 1. The second-order valence-electron chi connectivity index (χ2n) is 4.16. The first kappa shape index (κ1) is 10.7. The van der Waals surface area contributed by atoms with Crippen LogP contribution in [0.2, 0.25) is 0 Å². The van der Waals surface area contributed by atoms with Crippen LogP contribution in [0.4, 0.5) is 5.69 Å². The Morgan fingerprint density at radius 1 is 1.00 bits per heavy atom. The first-order valence-electron chi connectivity index (χ1n) is 5.37. The number of hydrogen-bond donors (Lipinski definition) is 0. The Labute approximate surface area is 96.6 Å². The Hall–Kier alpha value is -1.83. The highest BCUT2D eigenvalue weighted by atomic mass is 15.1. The van der Waals surface area contributed by atoms with Gasteiger partial charge in [0.1, 0.15) is 0 Å². The number of hydrogen-bond acceptors (Lipinski definition) is 2. The van der Waals surface area contributed by atoms with Crippen molar-refractivity contribution in [2.45, 2.75) is 6.92 Å². The summed E-state index contributed by atoms with van der Waals surface area (Å²) in [5, 5.41) is 0. The fraction of sp³-hybridized carbons (Fsp3) is 0.214.